The summed E-state index contributed by atoms with van der Waals surface area (Å²) in [5.74, 6) is 1.42. The minimum atomic E-state index is -0.547. The molecule has 10 heteroatoms. The fourth-order valence-electron chi connectivity index (χ4n) is 6.60. The van der Waals surface area contributed by atoms with Gasteiger partial charge < -0.3 is 34.2 Å². The van der Waals surface area contributed by atoms with Crippen LogP contribution >= 0.6 is 0 Å². The van der Waals surface area contributed by atoms with E-state index < -0.39 is 5.60 Å². The average molecular weight is 599 g/mol. The van der Waals surface area contributed by atoms with Gasteiger partial charge in [0.25, 0.3) is 0 Å². The molecule has 0 radical (unpaired) electrons. The summed E-state index contributed by atoms with van der Waals surface area (Å²) in [6, 6.07) is 14.4. The number of carbonyl (C=O) groups excluding carboxylic acids is 1. The van der Waals surface area contributed by atoms with Gasteiger partial charge in [-0.2, -0.15) is 10.2 Å². The number of hydrogen-bond donors (Lipinski definition) is 1. The molecule has 0 bridgehead atoms. The third-order valence-electron chi connectivity index (χ3n) is 8.93. The van der Waals surface area contributed by atoms with E-state index in [0.29, 0.717) is 63.7 Å². The second kappa shape index (κ2) is 12.0. The van der Waals surface area contributed by atoms with E-state index >= 15 is 0 Å². The van der Waals surface area contributed by atoms with Gasteiger partial charge in [0, 0.05) is 73.6 Å². The first-order chi connectivity index (χ1) is 21.1. The summed E-state index contributed by atoms with van der Waals surface area (Å²) in [5, 5.41) is 23.1. The number of likely N-dealkylation sites (tertiary alicyclic amines) is 1. The van der Waals surface area contributed by atoms with Crippen LogP contribution in [0.4, 0.5) is 16.3 Å². The molecule has 3 aliphatic heterocycles. The van der Waals surface area contributed by atoms with Crippen molar-refractivity contribution in [3.8, 4) is 17.7 Å². The molecule has 0 spiro atoms. The third kappa shape index (κ3) is 6.06. The molecule has 3 aromatic rings. The fraction of sp³-hybridized carbons (Fsp3) is 0.500. The predicted molar refractivity (Wildman–Crippen MR) is 170 cm³/mol. The number of pyridine rings is 1. The monoisotopic (exact) mass is 598 g/mol. The lowest BCUT2D eigenvalue weighted by atomic mass is 9.94. The fourth-order valence-corrected chi connectivity index (χ4v) is 6.60. The van der Waals surface area contributed by atoms with E-state index in [4.69, 9.17) is 14.5 Å². The van der Waals surface area contributed by atoms with Crippen LogP contribution in [0.3, 0.4) is 0 Å². The summed E-state index contributed by atoms with van der Waals surface area (Å²) in [7, 11) is 2.11. The van der Waals surface area contributed by atoms with Crippen LogP contribution in [0.2, 0.25) is 0 Å². The Labute approximate surface area is 259 Å². The lowest BCUT2D eigenvalue weighted by molar-refractivity contribution is 0.0240. The van der Waals surface area contributed by atoms with E-state index in [9.17, 15) is 15.2 Å². The number of anilines is 2. The molecule has 1 aromatic heterocycles. The number of nitrogens with zero attached hydrogens (tertiary/aromatic N) is 6. The van der Waals surface area contributed by atoms with Crippen molar-refractivity contribution in [2.24, 2.45) is 0 Å². The number of aromatic nitrogens is 1. The average Bonchev–Trinajstić information content (AvgIpc) is 3.42. The van der Waals surface area contributed by atoms with Crippen LogP contribution in [0.25, 0.3) is 10.8 Å². The second-order valence-corrected chi connectivity index (χ2v) is 13.1. The van der Waals surface area contributed by atoms with Crippen LogP contribution in [0.15, 0.2) is 36.4 Å². The standard InChI is InChI=1S/C34H42N6O4/c1-34(2,3)44-33(42)39-16-14-38(15-17-39)31-27-11-13-40(30-19-25(41)18-23-8-5-6-10-26(23)30)21-29(27)28(20-35)32(36-31)43-22-24-9-7-12-37(24)4/h5-6,8,10,18-19,24,41H,7,9,11-17,21-22H2,1-4H3/t24-/m0/s1. The number of hydrogen-bond acceptors (Lipinski definition) is 9. The van der Waals surface area contributed by atoms with E-state index in [-0.39, 0.29) is 17.9 Å². The first kappa shape index (κ1) is 29.8. The SMILES string of the molecule is CN1CCC[C@H]1COc1nc(N2CCN(C(=O)OC(C)(C)C)CC2)c2c(c1C#N)CN(c1cc(O)cc3ccccc13)CC2. The van der Waals surface area contributed by atoms with Crippen molar-refractivity contribution >= 4 is 28.4 Å². The molecule has 2 aromatic carbocycles. The van der Waals surface area contributed by atoms with E-state index in [1.54, 1.807) is 11.0 Å². The maximum atomic E-state index is 12.7. The molecule has 232 valence electrons. The van der Waals surface area contributed by atoms with E-state index in [2.05, 4.69) is 33.9 Å². The number of phenols is 1. The number of nitriles is 1. The Morgan fingerprint density at radius 2 is 1.84 bits per heavy atom. The minimum absolute atomic E-state index is 0.216. The van der Waals surface area contributed by atoms with Gasteiger partial charge in [0.1, 0.15) is 35.4 Å². The molecule has 6 rings (SSSR count). The lowest BCUT2D eigenvalue weighted by Crippen LogP contribution is -2.50. The highest BCUT2D eigenvalue weighted by molar-refractivity contribution is 5.95. The largest absolute Gasteiger partial charge is 0.508 e. The number of fused-ring (bicyclic) bond motifs is 2. The summed E-state index contributed by atoms with van der Waals surface area (Å²) >= 11 is 0. The van der Waals surface area contributed by atoms with Crippen molar-refractivity contribution in [2.45, 2.75) is 58.2 Å². The molecule has 2 fully saturated rings. The number of amides is 1. The van der Waals surface area contributed by atoms with Crippen LogP contribution in [0, 0.1) is 11.3 Å². The molecular weight excluding hydrogens is 556 g/mol. The Hall–Kier alpha value is -4.23. The van der Waals surface area contributed by atoms with E-state index in [1.165, 1.54) is 0 Å². The smallest absolute Gasteiger partial charge is 0.410 e. The first-order valence-electron chi connectivity index (χ1n) is 15.6. The van der Waals surface area contributed by atoms with Gasteiger partial charge in [-0.1, -0.05) is 24.3 Å². The molecule has 44 heavy (non-hydrogen) atoms. The second-order valence-electron chi connectivity index (χ2n) is 13.1. The van der Waals surface area contributed by atoms with Crippen molar-refractivity contribution < 1.29 is 19.4 Å². The molecule has 0 unspecified atom stereocenters. The van der Waals surface area contributed by atoms with Crippen molar-refractivity contribution in [1.82, 2.24) is 14.8 Å². The van der Waals surface area contributed by atoms with E-state index in [1.807, 2.05) is 45.0 Å². The molecule has 1 atom stereocenters. The highest BCUT2D eigenvalue weighted by Gasteiger charge is 2.33. The Kier molecular flexibility index (Phi) is 8.16. The number of phenolic OH excluding ortho intramolecular Hbond substituents is 1. The molecule has 1 amide bonds. The maximum absolute atomic E-state index is 12.7. The maximum Gasteiger partial charge on any atom is 0.410 e. The number of piperazine rings is 1. The Morgan fingerprint density at radius 3 is 2.55 bits per heavy atom. The van der Waals surface area contributed by atoms with Gasteiger partial charge in [-0.05, 0) is 65.1 Å². The van der Waals surface area contributed by atoms with Crippen molar-refractivity contribution in [3.05, 3.63) is 53.1 Å². The van der Waals surface area contributed by atoms with Gasteiger partial charge in [0.2, 0.25) is 5.88 Å². The molecule has 0 aliphatic carbocycles. The number of benzene rings is 2. The van der Waals surface area contributed by atoms with E-state index in [0.717, 1.165) is 52.8 Å². The normalized spacial score (nSPS) is 19.2. The Balaban J connectivity index is 1.34. The van der Waals surface area contributed by atoms with Gasteiger partial charge in [0.05, 0.1) is 0 Å². The predicted octanol–water partition coefficient (Wildman–Crippen LogP) is 4.90. The lowest BCUT2D eigenvalue weighted by Gasteiger charge is -2.39. The first-order valence-corrected chi connectivity index (χ1v) is 15.6. The topological polar surface area (TPSA) is 105 Å². The number of ether oxygens (including phenoxy) is 2. The van der Waals surface area contributed by atoms with Crippen molar-refractivity contribution in [3.63, 3.8) is 0 Å². The van der Waals surface area contributed by atoms with Crippen molar-refractivity contribution in [1.29, 1.82) is 5.26 Å². The zero-order valence-electron chi connectivity index (χ0n) is 26.2. The van der Waals surface area contributed by atoms with Crippen LogP contribution in [0.1, 0.15) is 50.3 Å². The molecule has 4 heterocycles. The highest BCUT2D eigenvalue weighted by atomic mass is 16.6. The quantitative estimate of drug-likeness (QED) is 0.439. The van der Waals surface area contributed by atoms with Crippen LogP contribution in [-0.4, -0.2) is 90.5 Å². The molecular formula is C34H42N6O4. The molecule has 0 saturated carbocycles. The molecule has 1 N–H and O–H groups in total. The summed E-state index contributed by atoms with van der Waals surface area (Å²) < 4.78 is 12.0. The number of likely N-dealkylation sites (N-methyl/N-ethyl adjacent to an activating group) is 1. The summed E-state index contributed by atoms with van der Waals surface area (Å²) in [5.41, 5.74) is 2.84. The Morgan fingerprint density at radius 1 is 1.07 bits per heavy atom. The van der Waals surface area contributed by atoms with Gasteiger partial charge in [-0.25, -0.2) is 4.79 Å². The van der Waals surface area contributed by atoms with Gasteiger partial charge in [0.15, 0.2) is 0 Å². The number of aromatic hydroxyl groups is 1. The van der Waals surface area contributed by atoms with Gasteiger partial charge in [-0.3, -0.25) is 0 Å². The summed E-state index contributed by atoms with van der Waals surface area (Å²) in [6.07, 6.45) is 2.58. The number of carbonyl (C=O) groups is 1. The molecule has 2 saturated heterocycles. The highest BCUT2D eigenvalue weighted by Crippen LogP contribution is 2.39. The van der Waals surface area contributed by atoms with Crippen LogP contribution in [0.5, 0.6) is 11.6 Å². The van der Waals surface area contributed by atoms with Gasteiger partial charge >= 0.3 is 6.09 Å². The van der Waals surface area contributed by atoms with Crippen LogP contribution < -0.4 is 14.5 Å². The zero-order valence-corrected chi connectivity index (χ0v) is 26.2. The zero-order chi connectivity index (χ0) is 31.0. The summed E-state index contributed by atoms with van der Waals surface area (Å²) in [4.78, 5) is 26.3. The molecule has 3 aliphatic rings. The number of rotatable bonds is 5. The van der Waals surface area contributed by atoms with Crippen LogP contribution in [-0.2, 0) is 17.7 Å². The third-order valence-corrected chi connectivity index (χ3v) is 8.93. The Bertz CT molecular complexity index is 1590. The van der Waals surface area contributed by atoms with Crippen molar-refractivity contribution in [2.75, 3.05) is 62.7 Å². The van der Waals surface area contributed by atoms with Gasteiger partial charge in [-0.15, -0.1) is 0 Å². The molecule has 10 nitrogen and oxygen atoms in total. The summed E-state index contributed by atoms with van der Waals surface area (Å²) in [6.45, 7) is 10.6. The minimum Gasteiger partial charge on any atom is -0.508 e.